The number of carbonyl (C=O) groups excluding carboxylic acids is 1. The molecule has 8 heteroatoms. The Bertz CT molecular complexity index is 877. The van der Waals surface area contributed by atoms with Gasteiger partial charge >= 0.3 is 0 Å². The molecule has 1 amide bonds. The fourth-order valence-corrected chi connectivity index (χ4v) is 5.02. The molecule has 3 aromatic heterocycles. The van der Waals surface area contributed by atoms with E-state index >= 15 is 0 Å². The van der Waals surface area contributed by atoms with Crippen molar-refractivity contribution in [3.8, 4) is 9.88 Å². The lowest BCUT2D eigenvalue weighted by atomic mass is 9.89. The second kappa shape index (κ2) is 7.28. The van der Waals surface area contributed by atoms with Crippen LogP contribution in [0.3, 0.4) is 0 Å². The van der Waals surface area contributed by atoms with Crippen molar-refractivity contribution < 1.29 is 9.32 Å². The van der Waals surface area contributed by atoms with Gasteiger partial charge in [0, 0.05) is 12.3 Å². The molecule has 0 aromatic carbocycles. The van der Waals surface area contributed by atoms with Gasteiger partial charge in [0.05, 0.1) is 4.88 Å². The summed E-state index contributed by atoms with van der Waals surface area (Å²) >= 11 is 3.11. The van der Waals surface area contributed by atoms with E-state index in [4.69, 9.17) is 4.52 Å². The van der Waals surface area contributed by atoms with Crippen molar-refractivity contribution in [2.75, 3.05) is 0 Å². The van der Waals surface area contributed by atoms with Crippen LogP contribution in [0.4, 0.5) is 0 Å². The molecule has 1 aliphatic carbocycles. The molecule has 3 aromatic rings. The van der Waals surface area contributed by atoms with Crippen molar-refractivity contribution in [1.82, 2.24) is 20.4 Å². The quantitative estimate of drug-likeness (QED) is 0.664. The van der Waals surface area contributed by atoms with Crippen LogP contribution in [0.1, 0.15) is 60.7 Å². The number of thiophene rings is 1. The van der Waals surface area contributed by atoms with Gasteiger partial charge in [0.15, 0.2) is 5.82 Å². The predicted octanol–water partition coefficient (Wildman–Crippen LogP) is 4.54. The summed E-state index contributed by atoms with van der Waals surface area (Å²) in [6.45, 7) is 1.77. The lowest BCUT2D eigenvalue weighted by Crippen LogP contribution is -2.46. The van der Waals surface area contributed by atoms with Crippen molar-refractivity contribution in [2.24, 2.45) is 0 Å². The van der Waals surface area contributed by atoms with E-state index < -0.39 is 5.54 Å². The number of nitrogens with zero attached hydrogens (tertiary/aromatic N) is 3. The Labute approximate surface area is 159 Å². The zero-order chi connectivity index (χ0) is 18.0. The minimum Gasteiger partial charge on any atom is -0.340 e. The van der Waals surface area contributed by atoms with Crippen LogP contribution in [0.15, 0.2) is 27.4 Å². The second-order valence-corrected chi connectivity index (χ2v) is 8.41. The van der Waals surface area contributed by atoms with Gasteiger partial charge in [-0.3, -0.25) is 4.79 Å². The predicted molar refractivity (Wildman–Crippen MR) is 101 cm³/mol. The van der Waals surface area contributed by atoms with Crippen LogP contribution < -0.4 is 5.32 Å². The van der Waals surface area contributed by atoms with Crippen LogP contribution >= 0.6 is 22.7 Å². The van der Waals surface area contributed by atoms with Gasteiger partial charge < -0.3 is 9.84 Å². The molecule has 26 heavy (non-hydrogen) atoms. The molecule has 1 saturated carbocycles. The Kier molecular flexibility index (Phi) is 4.86. The number of thiazole rings is 1. The molecule has 0 spiro atoms. The van der Waals surface area contributed by atoms with Gasteiger partial charge in [-0.1, -0.05) is 36.9 Å². The average molecular weight is 389 g/mol. The van der Waals surface area contributed by atoms with Crippen LogP contribution in [-0.2, 0) is 5.54 Å². The molecule has 0 bridgehead atoms. The second-order valence-electron chi connectivity index (χ2n) is 6.60. The average Bonchev–Trinajstić information content (AvgIpc) is 3.36. The molecule has 0 unspecified atom stereocenters. The third kappa shape index (κ3) is 3.43. The smallest absolute Gasteiger partial charge is 0.271 e. The third-order valence-corrected chi connectivity index (χ3v) is 6.62. The molecular weight excluding hydrogens is 368 g/mol. The Morgan fingerprint density at radius 1 is 1.19 bits per heavy atom. The number of nitrogens with one attached hydrogen (secondary N) is 1. The normalized spacial score (nSPS) is 17.0. The van der Waals surface area contributed by atoms with Gasteiger partial charge in [-0.25, -0.2) is 4.98 Å². The summed E-state index contributed by atoms with van der Waals surface area (Å²) in [6, 6.07) is 4.00. The van der Waals surface area contributed by atoms with Crippen LogP contribution in [-0.4, -0.2) is 21.0 Å². The van der Waals surface area contributed by atoms with E-state index in [2.05, 4.69) is 20.4 Å². The largest absolute Gasteiger partial charge is 0.340 e. The van der Waals surface area contributed by atoms with Crippen molar-refractivity contribution in [3.05, 3.63) is 40.3 Å². The highest BCUT2D eigenvalue weighted by Crippen LogP contribution is 2.35. The molecule has 0 aliphatic heterocycles. The Morgan fingerprint density at radius 3 is 2.65 bits per heavy atom. The number of hydrogen-bond donors (Lipinski definition) is 1. The zero-order valence-electron chi connectivity index (χ0n) is 14.5. The molecule has 0 saturated heterocycles. The van der Waals surface area contributed by atoms with Crippen LogP contribution in [0.2, 0.25) is 0 Å². The number of aryl methyl sites for hydroxylation is 1. The van der Waals surface area contributed by atoms with Crippen molar-refractivity contribution in [3.63, 3.8) is 0 Å². The molecule has 1 N–H and O–H groups in total. The van der Waals surface area contributed by atoms with Gasteiger partial charge in [-0.05, 0) is 24.3 Å². The number of carbonyl (C=O) groups is 1. The topological polar surface area (TPSA) is 80.9 Å². The summed E-state index contributed by atoms with van der Waals surface area (Å²) in [4.78, 5) is 23.0. The van der Waals surface area contributed by atoms with Gasteiger partial charge in [0.2, 0.25) is 5.89 Å². The first-order valence-corrected chi connectivity index (χ1v) is 10.5. The number of rotatable bonds is 4. The van der Waals surface area contributed by atoms with Crippen LogP contribution in [0.25, 0.3) is 9.88 Å². The van der Waals surface area contributed by atoms with Crippen LogP contribution in [0, 0.1) is 6.92 Å². The lowest BCUT2D eigenvalue weighted by Gasteiger charge is -2.30. The zero-order valence-corrected chi connectivity index (χ0v) is 16.2. The fraction of sp³-hybridized carbons (Fsp3) is 0.444. The minimum absolute atomic E-state index is 0.173. The number of hydrogen-bond acceptors (Lipinski definition) is 7. The van der Waals surface area contributed by atoms with E-state index in [1.54, 1.807) is 18.3 Å². The molecule has 3 heterocycles. The Hall–Kier alpha value is -2.06. The molecule has 6 nitrogen and oxygen atoms in total. The Morgan fingerprint density at radius 2 is 2.00 bits per heavy atom. The monoisotopic (exact) mass is 388 g/mol. The summed E-state index contributed by atoms with van der Waals surface area (Å²) in [6.07, 6.45) is 6.03. The van der Waals surface area contributed by atoms with Gasteiger partial charge in [0.25, 0.3) is 5.91 Å². The molecular formula is C18H20N4O2S2. The van der Waals surface area contributed by atoms with Crippen molar-refractivity contribution >= 4 is 28.6 Å². The summed E-state index contributed by atoms with van der Waals surface area (Å²) < 4.78 is 5.20. The van der Waals surface area contributed by atoms with E-state index in [1.165, 1.54) is 11.3 Å². The highest BCUT2D eigenvalue weighted by atomic mass is 32.1. The first-order valence-electron chi connectivity index (χ1n) is 8.79. The lowest BCUT2D eigenvalue weighted by molar-refractivity contribution is 0.0872. The van der Waals surface area contributed by atoms with Crippen LogP contribution in [0.5, 0.6) is 0 Å². The summed E-state index contributed by atoms with van der Waals surface area (Å²) in [7, 11) is 0. The summed E-state index contributed by atoms with van der Waals surface area (Å²) in [5.74, 6) is 0.930. The standard InChI is InChI=1S/C18H20N4O2S2/c1-12-19-17(22-24-12)18(8-4-2-3-5-9-18)21-15(23)13-11-26-16(20-13)14-7-6-10-25-14/h6-7,10-11H,2-5,8-9H2,1H3,(H,21,23). The molecule has 4 rings (SSSR count). The van der Waals surface area contributed by atoms with Gasteiger partial charge in [0.1, 0.15) is 16.2 Å². The Balaban J connectivity index is 1.60. The van der Waals surface area contributed by atoms with E-state index in [0.29, 0.717) is 17.4 Å². The fourth-order valence-electron chi connectivity index (χ4n) is 3.40. The SMILES string of the molecule is Cc1nc(C2(NC(=O)c3csc(-c4cccs4)n3)CCCCCC2)no1. The first kappa shape index (κ1) is 17.4. The maximum Gasteiger partial charge on any atom is 0.271 e. The maximum absolute atomic E-state index is 12.9. The highest BCUT2D eigenvalue weighted by Gasteiger charge is 2.39. The van der Waals surface area contributed by atoms with Gasteiger partial charge in [-0.15, -0.1) is 22.7 Å². The summed E-state index contributed by atoms with van der Waals surface area (Å²) in [5, 5.41) is 12.0. The minimum atomic E-state index is -0.571. The summed E-state index contributed by atoms with van der Waals surface area (Å²) in [5.41, 5.74) is -0.125. The van der Waals surface area contributed by atoms with E-state index in [9.17, 15) is 4.79 Å². The van der Waals surface area contributed by atoms with E-state index in [-0.39, 0.29) is 5.91 Å². The van der Waals surface area contributed by atoms with Crippen molar-refractivity contribution in [2.45, 2.75) is 51.0 Å². The first-order chi connectivity index (χ1) is 12.7. The van der Waals surface area contributed by atoms with E-state index in [1.807, 2.05) is 22.9 Å². The molecule has 0 atom stereocenters. The highest BCUT2D eigenvalue weighted by molar-refractivity contribution is 7.20. The van der Waals surface area contributed by atoms with Crippen molar-refractivity contribution in [1.29, 1.82) is 0 Å². The number of aromatic nitrogens is 3. The van der Waals surface area contributed by atoms with E-state index in [0.717, 1.165) is 48.4 Å². The molecule has 1 fully saturated rings. The maximum atomic E-state index is 12.9. The molecule has 0 radical (unpaired) electrons. The molecule has 1 aliphatic rings. The van der Waals surface area contributed by atoms with Gasteiger partial charge in [-0.2, -0.15) is 4.98 Å². The molecule has 136 valence electrons. The number of amides is 1. The third-order valence-electron chi connectivity index (χ3n) is 4.73.